The highest BCUT2D eigenvalue weighted by atomic mass is 15.1. The normalized spacial score (nSPS) is 27.5. The minimum Gasteiger partial charge on any atom is -0.378 e. The standard InChI is InChI=1S/C13H20N2/c1-13(2)11(12(13)14)9-5-7-10(8-6-9)15(3)4/h5-8,11-12H,14H2,1-4H3/t11-,12-/m1/s1. The van der Waals surface area contributed by atoms with Crippen LogP contribution in [-0.4, -0.2) is 20.1 Å². The molecule has 2 rings (SSSR count). The molecule has 0 aromatic heterocycles. The molecular formula is C13H20N2. The quantitative estimate of drug-likeness (QED) is 0.800. The average molecular weight is 204 g/mol. The number of benzene rings is 1. The average Bonchev–Trinajstić information content (AvgIpc) is 2.66. The number of nitrogens with zero attached hydrogens (tertiary/aromatic N) is 1. The number of hydrogen-bond donors (Lipinski definition) is 1. The monoisotopic (exact) mass is 204 g/mol. The van der Waals surface area contributed by atoms with E-state index in [1.54, 1.807) is 0 Å². The zero-order valence-corrected chi connectivity index (χ0v) is 9.99. The van der Waals surface area contributed by atoms with E-state index in [1.165, 1.54) is 11.3 Å². The van der Waals surface area contributed by atoms with Crippen LogP contribution in [0.1, 0.15) is 25.3 Å². The summed E-state index contributed by atoms with van der Waals surface area (Å²) in [5.41, 5.74) is 8.96. The predicted molar refractivity (Wildman–Crippen MR) is 65.3 cm³/mol. The molecule has 1 aliphatic rings. The molecule has 15 heavy (non-hydrogen) atoms. The summed E-state index contributed by atoms with van der Waals surface area (Å²) >= 11 is 0. The molecule has 0 saturated heterocycles. The Morgan fingerprint density at radius 3 is 1.93 bits per heavy atom. The van der Waals surface area contributed by atoms with Crippen LogP contribution in [0.15, 0.2) is 24.3 Å². The van der Waals surface area contributed by atoms with Crippen molar-refractivity contribution < 1.29 is 0 Å². The van der Waals surface area contributed by atoms with E-state index >= 15 is 0 Å². The van der Waals surface area contributed by atoms with Crippen LogP contribution < -0.4 is 10.6 Å². The summed E-state index contributed by atoms with van der Waals surface area (Å²) in [5.74, 6) is 0.536. The molecule has 1 aromatic rings. The molecule has 0 unspecified atom stereocenters. The first kappa shape index (κ1) is 10.5. The molecule has 1 fully saturated rings. The summed E-state index contributed by atoms with van der Waals surface area (Å²) in [6, 6.07) is 9.05. The van der Waals surface area contributed by atoms with Crippen LogP contribution in [0, 0.1) is 5.41 Å². The lowest BCUT2D eigenvalue weighted by molar-refractivity contribution is 0.599. The van der Waals surface area contributed by atoms with Crippen LogP contribution >= 0.6 is 0 Å². The number of nitrogens with two attached hydrogens (primary N) is 1. The first-order valence-corrected chi connectivity index (χ1v) is 5.47. The van der Waals surface area contributed by atoms with Gasteiger partial charge in [-0.05, 0) is 23.1 Å². The Bertz CT molecular complexity index is 351. The van der Waals surface area contributed by atoms with Crippen LogP contribution in [0.2, 0.25) is 0 Å². The molecule has 0 aliphatic heterocycles. The highest BCUT2D eigenvalue weighted by Gasteiger charge is 2.55. The maximum atomic E-state index is 6.06. The third-order valence-corrected chi connectivity index (χ3v) is 3.68. The summed E-state index contributed by atoms with van der Waals surface area (Å²) in [4.78, 5) is 2.11. The minimum absolute atomic E-state index is 0.277. The van der Waals surface area contributed by atoms with Crippen molar-refractivity contribution in [2.24, 2.45) is 11.1 Å². The number of hydrogen-bond acceptors (Lipinski definition) is 2. The third-order valence-electron chi connectivity index (χ3n) is 3.68. The van der Waals surface area contributed by atoms with Gasteiger partial charge in [-0.3, -0.25) is 0 Å². The van der Waals surface area contributed by atoms with E-state index < -0.39 is 0 Å². The second-order valence-corrected chi connectivity index (χ2v) is 5.31. The van der Waals surface area contributed by atoms with Gasteiger partial charge in [0.15, 0.2) is 0 Å². The second kappa shape index (κ2) is 3.24. The summed E-state index contributed by atoms with van der Waals surface area (Å²) in [5, 5.41) is 0. The van der Waals surface area contributed by atoms with Gasteiger partial charge in [0.1, 0.15) is 0 Å². The van der Waals surface area contributed by atoms with Crippen molar-refractivity contribution in [1.29, 1.82) is 0 Å². The maximum absolute atomic E-state index is 6.06. The first-order valence-electron chi connectivity index (χ1n) is 5.47. The Labute approximate surface area is 92.1 Å². The van der Waals surface area contributed by atoms with Crippen molar-refractivity contribution in [3.8, 4) is 0 Å². The smallest absolute Gasteiger partial charge is 0.0361 e. The van der Waals surface area contributed by atoms with Crippen LogP contribution in [0.4, 0.5) is 5.69 Å². The van der Waals surface area contributed by atoms with Gasteiger partial charge in [0.25, 0.3) is 0 Å². The Kier molecular flexibility index (Phi) is 2.27. The first-order chi connectivity index (χ1) is 6.94. The molecule has 1 aromatic carbocycles. The fraction of sp³-hybridized carbons (Fsp3) is 0.538. The molecule has 0 amide bonds. The Balaban J connectivity index is 2.19. The fourth-order valence-corrected chi connectivity index (χ4v) is 2.29. The van der Waals surface area contributed by atoms with Crippen molar-refractivity contribution in [2.75, 3.05) is 19.0 Å². The molecule has 2 atom stereocenters. The zero-order chi connectivity index (χ0) is 11.2. The summed E-state index contributed by atoms with van der Waals surface area (Å²) in [6.45, 7) is 4.48. The lowest BCUT2D eigenvalue weighted by Gasteiger charge is -2.12. The van der Waals surface area contributed by atoms with Gasteiger partial charge in [0.2, 0.25) is 0 Å². The van der Waals surface area contributed by atoms with Gasteiger partial charge in [0.05, 0.1) is 0 Å². The highest BCUT2D eigenvalue weighted by Crippen LogP contribution is 2.57. The molecule has 2 N–H and O–H groups in total. The van der Waals surface area contributed by atoms with Crippen LogP contribution in [0.3, 0.4) is 0 Å². The topological polar surface area (TPSA) is 29.3 Å². The molecule has 0 spiro atoms. The van der Waals surface area contributed by atoms with Gasteiger partial charge < -0.3 is 10.6 Å². The number of anilines is 1. The third kappa shape index (κ3) is 1.63. The molecule has 1 aliphatic carbocycles. The Morgan fingerprint density at radius 1 is 1.13 bits per heavy atom. The van der Waals surface area contributed by atoms with Crippen molar-refractivity contribution in [1.82, 2.24) is 0 Å². The van der Waals surface area contributed by atoms with E-state index in [2.05, 4.69) is 57.1 Å². The van der Waals surface area contributed by atoms with Crippen LogP contribution in [0.5, 0.6) is 0 Å². The fourth-order valence-electron chi connectivity index (χ4n) is 2.29. The SMILES string of the molecule is CN(C)c1ccc([C@@H]2[C@@H](N)C2(C)C)cc1. The Hall–Kier alpha value is -1.02. The second-order valence-electron chi connectivity index (χ2n) is 5.31. The van der Waals surface area contributed by atoms with Gasteiger partial charge in [-0.2, -0.15) is 0 Å². The maximum Gasteiger partial charge on any atom is 0.0361 e. The zero-order valence-electron chi connectivity index (χ0n) is 9.99. The molecule has 2 heteroatoms. The lowest BCUT2D eigenvalue weighted by atomic mass is 10.0. The van der Waals surface area contributed by atoms with E-state index in [-0.39, 0.29) is 5.41 Å². The number of rotatable bonds is 2. The van der Waals surface area contributed by atoms with E-state index in [0.717, 1.165) is 0 Å². The Morgan fingerprint density at radius 2 is 1.60 bits per heavy atom. The molecule has 0 heterocycles. The van der Waals surface area contributed by atoms with Crippen molar-refractivity contribution in [2.45, 2.75) is 25.8 Å². The minimum atomic E-state index is 0.277. The van der Waals surface area contributed by atoms with E-state index in [1.807, 2.05) is 0 Å². The molecule has 0 radical (unpaired) electrons. The molecule has 0 bridgehead atoms. The molecule has 1 saturated carbocycles. The van der Waals surface area contributed by atoms with E-state index in [9.17, 15) is 0 Å². The summed E-state index contributed by atoms with van der Waals surface area (Å²) < 4.78 is 0. The van der Waals surface area contributed by atoms with Gasteiger partial charge >= 0.3 is 0 Å². The van der Waals surface area contributed by atoms with Gasteiger partial charge in [-0.1, -0.05) is 26.0 Å². The molecular weight excluding hydrogens is 184 g/mol. The van der Waals surface area contributed by atoms with Crippen molar-refractivity contribution in [3.63, 3.8) is 0 Å². The lowest BCUT2D eigenvalue weighted by Crippen LogP contribution is -2.08. The van der Waals surface area contributed by atoms with Crippen LogP contribution in [0.25, 0.3) is 0 Å². The van der Waals surface area contributed by atoms with Crippen LogP contribution in [-0.2, 0) is 0 Å². The van der Waals surface area contributed by atoms with E-state index in [4.69, 9.17) is 5.73 Å². The summed E-state index contributed by atoms with van der Waals surface area (Å²) in [6.07, 6.45) is 0. The molecule has 2 nitrogen and oxygen atoms in total. The van der Waals surface area contributed by atoms with Crippen molar-refractivity contribution in [3.05, 3.63) is 29.8 Å². The largest absolute Gasteiger partial charge is 0.378 e. The highest BCUT2D eigenvalue weighted by molar-refractivity contribution is 5.48. The van der Waals surface area contributed by atoms with Gasteiger partial charge in [-0.15, -0.1) is 0 Å². The van der Waals surface area contributed by atoms with Gasteiger partial charge in [-0.25, -0.2) is 0 Å². The molecule has 82 valence electrons. The predicted octanol–water partition coefficient (Wildman–Crippen LogP) is 2.20. The van der Waals surface area contributed by atoms with Crippen molar-refractivity contribution >= 4 is 5.69 Å². The summed E-state index contributed by atoms with van der Waals surface area (Å²) in [7, 11) is 4.11. The van der Waals surface area contributed by atoms with Gasteiger partial charge in [0, 0.05) is 31.7 Å². The van der Waals surface area contributed by atoms with E-state index in [0.29, 0.717) is 12.0 Å².